The van der Waals surface area contributed by atoms with Gasteiger partial charge in [-0.1, -0.05) is 45.0 Å². The molecule has 1 aromatic rings. The van der Waals surface area contributed by atoms with Crippen LogP contribution in [0, 0.1) is 5.92 Å². The van der Waals surface area contributed by atoms with Gasteiger partial charge in [-0.3, -0.25) is 0 Å². The molecule has 2 rings (SSSR count). The van der Waals surface area contributed by atoms with E-state index in [0.29, 0.717) is 5.92 Å². The Labute approximate surface area is 189 Å². The molecule has 0 aliphatic carbocycles. The minimum absolute atomic E-state index is 0. The van der Waals surface area contributed by atoms with Gasteiger partial charge >= 0.3 is 0 Å². The van der Waals surface area contributed by atoms with Gasteiger partial charge in [-0.15, -0.1) is 24.0 Å². The highest BCUT2D eigenvalue weighted by Gasteiger charge is 2.17. The third-order valence-electron chi connectivity index (χ3n) is 5.35. The molecule has 1 fully saturated rings. The van der Waals surface area contributed by atoms with Crippen molar-refractivity contribution in [1.29, 1.82) is 0 Å². The van der Waals surface area contributed by atoms with Gasteiger partial charge < -0.3 is 20.4 Å². The average molecular weight is 502 g/mol. The summed E-state index contributed by atoms with van der Waals surface area (Å²) in [6, 6.07) is 8.60. The predicted molar refractivity (Wildman–Crippen MR) is 132 cm³/mol. The molecule has 1 saturated heterocycles. The first-order valence-corrected chi connectivity index (χ1v) is 10.7. The van der Waals surface area contributed by atoms with E-state index in [2.05, 4.69) is 72.4 Å². The molecule has 1 heterocycles. The van der Waals surface area contributed by atoms with Crippen LogP contribution < -0.4 is 10.6 Å². The molecule has 0 bridgehead atoms. The Kier molecular flexibility index (Phi) is 12.7. The second-order valence-electron chi connectivity index (χ2n) is 7.54. The fourth-order valence-electron chi connectivity index (χ4n) is 3.63. The van der Waals surface area contributed by atoms with Gasteiger partial charge in [-0.25, -0.2) is 4.99 Å². The van der Waals surface area contributed by atoms with Gasteiger partial charge in [0.05, 0.1) is 6.54 Å². The first-order chi connectivity index (χ1) is 13.2. The summed E-state index contributed by atoms with van der Waals surface area (Å²) in [5.74, 6) is 1.52. The van der Waals surface area contributed by atoms with Gasteiger partial charge in [0.25, 0.3) is 0 Å². The first kappa shape index (κ1) is 25.2. The van der Waals surface area contributed by atoms with Crippen molar-refractivity contribution in [2.75, 3.05) is 52.4 Å². The second kappa shape index (κ2) is 14.2. The third-order valence-corrected chi connectivity index (χ3v) is 5.35. The molecule has 1 aliphatic rings. The number of piperazine rings is 1. The topological polar surface area (TPSA) is 42.9 Å². The van der Waals surface area contributed by atoms with Crippen LogP contribution in [0.25, 0.3) is 0 Å². The zero-order chi connectivity index (χ0) is 19.5. The molecule has 6 heteroatoms. The average Bonchev–Trinajstić information content (AvgIpc) is 2.71. The molecule has 0 amide bonds. The van der Waals surface area contributed by atoms with Crippen LogP contribution in [0.5, 0.6) is 0 Å². The molecule has 1 unspecified atom stereocenters. The zero-order valence-corrected chi connectivity index (χ0v) is 20.5. The monoisotopic (exact) mass is 501 g/mol. The number of guanidine groups is 1. The molecule has 1 aromatic carbocycles. The maximum atomic E-state index is 4.81. The number of aryl methyl sites for hydroxylation is 1. The van der Waals surface area contributed by atoms with Crippen molar-refractivity contribution in [3.8, 4) is 0 Å². The van der Waals surface area contributed by atoms with E-state index in [1.807, 2.05) is 0 Å². The van der Waals surface area contributed by atoms with E-state index in [1.165, 1.54) is 43.9 Å². The zero-order valence-electron chi connectivity index (χ0n) is 18.2. The third kappa shape index (κ3) is 8.66. The summed E-state index contributed by atoms with van der Waals surface area (Å²) >= 11 is 0. The van der Waals surface area contributed by atoms with Crippen LogP contribution in [0.3, 0.4) is 0 Å². The Balaban J connectivity index is 0.00000392. The molecule has 0 saturated carbocycles. The highest BCUT2D eigenvalue weighted by Crippen LogP contribution is 2.10. The van der Waals surface area contributed by atoms with E-state index in [-0.39, 0.29) is 24.0 Å². The van der Waals surface area contributed by atoms with Crippen molar-refractivity contribution in [2.45, 2.75) is 40.7 Å². The van der Waals surface area contributed by atoms with Crippen LogP contribution in [0.15, 0.2) is 29.3 Å². The Morgan fingerprint density at radius 3 is 2.25 bits per heavy atom. The summed E-state index contributed by atoms with van der Waals surface area (Å²) in [4.78, 5) is 9.93. The molecule has 0 aromatic heterocycles. The van der Waals surface area contributed by atoms with Crippen molar-refractivity contribution >= 4 is 29.9 Å². The van der Waals surface area contributed by atoms with E-state index in [4.69, 9.17) is 4.99 Å². The number of likely N-dealkylation sites (N-methyl/N-ethyl adjacent to an activating group) is 1. The van der Waals surface area contributed by atoms with Crippen molar-refractivity contribution in [3.63, 3.8) is 0 Å². The smallest absolute Gasteiger partial charge is 0.191 e. The summed E-state index contributed by atoms with van der Waals surface area (Å²) in [7, 11) is 0. The summed E-state index contributed by atoms with van der Waals surface area (Å²) in [6.45, 7) is 18.6. The van der Waals surface area contributed by atoms with Crippen molar-refractivity contribution in [3.05, 3.63) is 35.4 Å². The van der Waals surface area contributed by atoms with E-state index in [0.717, 1.165) is 38.6 Å². The Bertz CT molecular complexity index is 570. The lowest BCUT2D eigenvalue weighted by atomic mass is 10.1. The largest absolute Gasteiger partial charge is 0.357 e. The van der Waals surface area contributed by atoms with Crippen LogP contribution >= 0.6 is 24.0 Å². The molecule has 160 valence electrons. The van der Waals surface area contributed by atoms with Gasteiger partial charge in [0.2, 0.25) is 0 Å². The summed E-state index contributed by atoms with van der Waals surface area (Å²) in [6.07, 6.45) is 1.05. The number of nitrogens with one attached hydrogen (secondary N) is 2. The number of aliphatic imine (C=N–C) groups is 1. The van der Waals surface area contributed by atoms with Gasteiger partial charge in [-0.2, -0.15) is 0 Å². The van der Waals surface area contributed by atoms with Crippen LogP contribution in [0.2, 0.25) is 0 Å². The van der Waals surface area contributed by atoms with Crippen molar-refractivity contribution in [2.24, 2.45) is 10.9 Å². The van der Waals surface area contributed by atoms with Crippen LogP contribution in [-0.2, 0) is 13.0 Å². The maximum absolute atomic E-state index is 4.81. The van der Waals surface area contributed by atoms with Crippen LogP contribution in [0.1, 0.15) is 38.8 Å². The second-order valence-corrected chi connectivity index (χ2v) is 7.54. The number of benzene rings is 1. The van der Waals surface area contributed by atoms with Gasteiger partial charge in [-0.05, 0) is 36.9 Å². The van der Waals surface area contributed by atoms with Gasteiger partial charge in [0.15, 0.2) is 5.96 Å². The van der Waals surface area contributed by atoms with Crippen molar-refractivity contribution in [1.82, 2.24) is 20.4 Å². The number of hydrogen-bond donors (Lipinski definition) is 2. The maximum Gasteiger partial charge on any atom is 0.191 e. The predicted octanol–water partition coefficient (Wildman–Crippen LogP) is 3.20. The quantitative estimate of drug-likeness (QED) is 0.310. The summed E-state index contributed by atoms with van der Waals surface area (Å²) in [5.41, 5.74) is 2.70. The molecule has 0 radical (unpaired) electrons. The molecule has 2 N–H and O–H groups in total. The standard InChI is InChI=1S/C22H39N5.HI/c1-5-20-10-8-9-11-21(20)17-25-22(23-6-2)24-16-19(4)18-27-14-12-26(7-3)13-15-27;/h8-11,19H,5-7,12-18H2,1-4H3,(H2,23,24,25);1H. The van der Waals surface area contributed by atoms with Gasteiger partial charge in [0.1, 0.15) is 0 Å². The Hall–Kier alpha value is -0.860. The van der Waals surface area contributed by atoms with E-state index in [1.54, 1.807) is 0 Å². The van der Waals surface area contributed by atoms with Crippen LogP contribution in [-0.4, -0.2) is 68.1 Å². The minimum Gasteiger partial charge on any atom is -0.357 e. The molecular formula is C22H40IN5. The fraction of sp³-hybridized carbons (Fsp3) is 0.682. The van der Waals surface area contributed by atoms with Crippen LogP contribution in [0.4, 0.5) is 0 Å². The number of halogens is 1. The molecular weight excluding hydrogens is 461 g/mol. The molecule has 0 spiro atoms. The molecule has 1 atom stereocenters. The lowest BCUT2D eigenvalue weighted by Gasteiger charge is -2.35. The van der Waals surface area contributed by atoms with E-state index >= 15 is 0 Å². The Morgan fingerprint density at radius 1 is 1.00 bits per heavy atom. The Morgan fingerprint density at radius 2 is 1.64 bits per heavy atom. The lowest BCUT2D eigenvalue weighted by molar-refractivity contribution is 0.124. The minimum atomic E-state index is 0. The lowest BCUT2D eigenvalue weighted by Crippen LogP contribution is -2.48. The van der Waals surface area contributed by atoms with Gasteiger partial charge in [0, 0.05) is 45.8 Å². The first-order valence-electron chi connectivity index (χ1n) is 10.7. The fourth-order valence-corrected chi connectivity index (χ4v) is 3.63. The highest BCUT2D eigenvalue weighted by molar-refractivity contribution is 14.0. The normalized spacial score (nSPS) is 17.1. The highest BCUT2D eigenvalue weighted by atomic mass is 127. The molecule has 1 aliphatic heterocycles. The SMILES string of the molecule is CCNC(=NCc1ccccc1CC)NCC(C)CN1CCN(CC)CC1.I. The number of hydrogen-bond acceptors (Lipinski definition) is 3. The molecule has 5 nitrogen and oxygen atoms in total. The van der Waals surface area contributed by atoms with E-state index < -0.39 is 0 Å². The number of nitrogens with zero attached hydrogens (tertiary/aromatic N) is 3. The summed E-state index contributed by atoms with van der Waals surface area (Å²) < 4.78 is 0. The summed E-state index contributed by atoms with van der Waals surface area (Å²) in [5, 5.41) is 6.92. The van der Waals surface area contributed by atoms with E-state index in [9.17, 15) is 0 Å². The van der Waals surface area contributed by atoms with Crippen molar-refractivity contribution < 1.29 is 0 Å². The number of rotatable bonds is 9. The molecule has 28 heavy (non-hydrogen) atoms.